The SMILES string of the molecule is [C-]#[N+]c1ccc(S(=O)(=O)Oc2cc(C)cc(OCC[n+]3ccc(N)cc3)c2)cc1. The molecule has 8 heteroatoms. The molecule has 2 aromatic carbocycles. The van der Waals surface area contributed by atoms with Crippen LogP contribution in [0.2, 0.25) is 0 Å². The summed E-state index contributed by atoms with van der Waals surface area (Å²) >= 11 is 0. The van der Waals surface area contributed by atoms with Gasteiger partial charge in [-0.2, -0.15) is 8.42 Å². The number of hydrogen-bond acceptors (Lipinski definition) is 5. The van der Waals surface area contributed by atoms with Gasteiger partial charge >= 0.3 is 10.1 Å². The van der Waals surface area contributed by atoms with E-state index in [2.05, 4.69) is 4.85 Å². The quantitative estimate of drug-likeness (QED) is 0.367. The molecule has 2 N–H and O–H groups in total. The predicted molar refractivity (Wildman–Crippen MR) is 108 cm³/mol. The van der Waals surface area contributed by atoms with Crippen molar-refractivity contribution in [3.05, 3.63) is 84.0 Å². The molecule has 3 aromatic rings. The molecular weight excluding hydrogens is 390 g/mol. The van der Waals surface area contributed by atoms with Crippen molar-refractivity contribution in [2.45, 2.75) is 18.4 Å². The second kappa shape index (κ2) is 8.63. The first-order chi connectivity index (χ1) is 13.9. The van der Waals surface area contributed by atoms with Crippen LogP contribution in [0, 0.1) is 13.5 Å². The summed E-state index contributed by atoms with van der Waals surface area (Å²) in [7, 11) is -4.01. The van der Waals surface area contributed by atoms with Crippen LogP contribution in [0.1, 0.15) is 5.56 Å². The maximum Gasteiger partial charge on any atom is 0.339 e. The van der Waals surface area contributed by atoms with Crippen LogP contribution in [0.4, 0.5) is 11.4 Å². The third-order valence-electron chi connectivity index (χ3n) is 4.02. The monoisotopic (exact) mass is 410 g/mol. The molecule has 0 unspecified atom stereocenters. The molecule has 0 fully saturated rings. The molecule has 1 heterocycles. The van der Waals surface area contributed by atoms with Crippen molar-refractivity contribution in [1.82, 2.24) is 0 Å². The Balaban J connectivity index is 1.69. The van der Waals surface area contributed by atoms with Crippen molar-refractivity contribution in [3.63, 3.8) is 0 Å². The van der Waals surface area contributed by atoms with Crippen LogP contribution < -0.4 is 19.2 Å². The number of anilines is 1. The Morgan fingerprint density at radius 2 is 1.69 bits per heavy atom. The van der Waals surface area contributed by atoms with Gasteiger partial charge in [0.1, 0.15) is 23.0 Å². The van der Waals surface area contributed by atoms with E-state index in [0.29, 0.717) is 30.3 Å². The van der Waals surface area contributed by atoms with Gasteiger partial charge in [-0.1, -0.05) is 24.3 Å². The standard InChI is InChI=1S/C21H19N3O4S/c1-16-13-19(27-12-11-24-9-7-17(22)8-10-24)15-20(14-16)28-29(25,26)21-5-3-18(23-2)4-6-21/h3-10,13-15,22H,11-12H2,1H3/p+1. The topological polar surface area (TPSA) is 86.9 Å². The molecule has 0 aliphatic rings. The first-order valence-electron chi connectivity index (χ1n) is 8.77. The highest BCUT2D eigenvalue weighted by Gasteiger charge is 2.17. The number of hydrogen-bond donors (Lipinski definition) is 1. The van der Waals surface area contributed by atoms with E-state index in [1.54, 1.807) is 24.3 Å². The van der Waals surface area contributed by atoms with Crippen molar-refractivity contribution in [1.29, 1.82) is 0 Å². The number of ether oxygens (including phenoxy) is 1. The Hall–Kier alpha value is -3.57. The fourth-order valence-electron chi connectivity index (χ4n) is 2.59. The molecular formula is C21H20N3O4S+. The molecule has 0 bridgehead atoms. The summed E-state index contributed by atoms with van der Waals surface area (Å²) < 4.78 is 37.9. The van der Waals surface area contributed by atoms with E-state index in [4.69, 9.17) is 21.2 Å². The highest BCUT2D eigenvalue weighted by atomic mass is 32.2. The van der Waals surface area contributed by atoms with Crippen molar-refractivity contribution < 1.29 is 21.9 Å². The minimum absolute atomic E-state index is 0.0198. The Bertz CT molecular complexity index is 1140. The number of rotatable bonds is 7. The number of aromatic nitrogens is 1. The van der Waals surface area contributed by atoms with Crippen LogP contribution in [0.15, 0.2) is 71.9 Å². The van der Waals surface area contributed by atoms with Crippen LogP contribution in [-0.4, -0.2) is 15.0 Å². The van der Waals surface area contributed by atoms with Crippen molar-refractivity contribution in [2.75, 3.05) is 12.3 Å². The van der Waals surface area contributed by atoms with E-state index in [-0.39, 0.29) is 10.6 Å². The lowest BCUT2D eigenvalue weighted by Crippen LogP contribution is -2.35. The molecule has 0 spiro atoms. The summed E-state index contributed by atoms with van der Waals surface area (Å²) in [5, 5.41) is 0. The van der Waals surface area contributed by atoms with Gasteiger partial charge in [0.2, 0.25) is 0 Å². The number of nitrogen functional groups attached to an aromatic ring is 1. The molecule has 0 saturated heterocycles. The fraction of sp³-hybridized carbons (Fsp3) is 0.143. The molecule has 0 atom stereocenters. The molecule has 0 amide bonds. The lowest BCUT2D eigenvalue weighted by Gasteiger charge is -2.11. The lowest BCUT2D eigenvalue weighted by molar-refractivity contribution is -0.697. The zero-order chi connectivity index (χ0) is 20.9. The van der Waals surface area contributed by atoms with Gasteiger partial charge in [-0.3, -0.25) is 0 Å². The Morgan fingerprint density at radius 3 is 2.34 bits per heavy atom. The lowest BCUT2D eigenvalue weighted by atomic mass is 10.2. The Labute approximate surface area is 169 Å². The van der Waals surface area contributed by atoms with E-state index < -0.39 is 10.1 Å². The molecule has 148 valence electrons. The van der Waals surface area contributed by atoms with E-state index in [1.165, 1.54) is 30.3 Å². The summed E-state index contributed by atoms with van der Waals surface area (Å²) in [4.78, 5) is 3.23. The Morgan fingerprint density at radius 1 is 1.03 bits per heavy atom. The van der Waals surface area contributed by atoms with Crippen molar-refractivity contribution in [2.24, 2.45) is 0 Å². The normalized spacial score (nSPS) is 10.9. The van der Waals surface area contributed by atoms with E-state index in [0.717, 1.165) is 5.56 Å². The van der Waals surface area contributed by atoms with Gasteiger partial charge in [-0.05, 0) is 24.6 Å². The van der Waals surface area contributed by atoms with E-state index in [9.17, 15) is 8.42 Å². The average Bonchev–Trinajstić information content (AvgIpc) is 2.69. The number of pyridine rings is 1. The summed E-state index contributed by atoms with van der Waals surface area (Å²) in [6.45, 7) is 9.76. The minimum atomic E-state index is -4.01. The number of nitrogens with two attached hydrogens (primary N) is 1. The predicted octanol–water partition coefficient (Wildman–Crippen LogP) is 3.26. The molecule has 3 rings (SSSR count). The third kappa shape index (κ3) is 5.46. The van der Waals surface area contributed by atoms with Crippen LogP contribution in [-0.2, 0) is 16.7 Å². The van der Waals surface area contributed by atoms with Crippen LogP contribution in [0.3, 0.4) is 0 Å². The number of aryl methyl sites for hydroxylation is 1. The van der Waals surface area contributed by atoms with Crippen LogP contribution in [0.25, 0.3) is 4.85 Å². The summed E-state index contributed by atoms with van der Waals surface area (Å²) in [5.74, 6) is 0.670. The maximum atomic E-state index is 12.5. The van der Waals surface area contributed by atoms with Gasteiger partial charge < -0.3 is 14.7 Å². The van der Waals surface area contributed by atoms with E-state index >= 15 is 0 Å². The second-order valence-corrected chi connectivity index (χ2v) is 7.89. The maximum absolute atomic E-state index is 12.5. The molecule has 0 radical (unpaired) electrons. The highest BCUT2D eigenvalue weighted by molar-refractivity contribution is 7.87. The summed E-state index contributed by atoms with van der Waals surface area (Å²) in [5.41, 5.74) is 7.51. The minimum Gasteiger partial charge on any atom is -0.487 e. The molecule has 29 heavy (non-hydrogen) atoms. The number of benzene rings is 2. The van der Waals surface area contributed by atoms with Gasteiger partial charge in [0.25, 0.3) is 0 Å². The van der Waals surface area contributed by atoms with Gasteiger partial charge in [-0.25, -0.2) is 9.41 Å². The second-order valence-electron chi connectivity index (χ2n) is 6.34. The van der Waals surface area contributed by atoms with Gasteiger partial charge in [0.15, 0.2) is 24.6 Å². The largest absolute Gasteiger partial charge is 0.487 e. The van der Waals surface area contributed by atoms with Crippen molar-refractivity contribution in [3.8, 4) is 11.5 Å². The smallest absolute Gasteiger partial charge is 0.339 e. The van der Waals surface area contributed by atoms with Gasteiger partial charge in [0, 0.05) is 23.9 Å². The van der Waals surface area contributed by atoms with Crippen LogP contribution in [0.5, 0.6) is 11.5 Å². The average molecular weight is 410 g/mol. The fourth-order valence-corrected chi connectivity index (χ4v) is 3.51. The molecule has 1 aromatic heterocycles. The first-order valence-corrected chi connectivity index (χ1v) is 10.2. The molecule has 0 aliphatic heterocycles. The Kier molecular flexibility index (Phi) is 6.00. The molecule has 7 nitrogen and oxygen atoms in total. The highest BCUT2D eigenvalue weighted by Crippen LogP contribution is 2.26. The third-order valence-corrected chi connectivity index (χ3v) is 5.28. The van der Waals surface area contributed by atoms with Gasteiger partial charge in [-0.15, -0.1) is 0 Å². The summed E-state index contributed by atoms with van der Waals surface area (Å²) in [6, 6.07) is 14.1. The molecule has 0 aliphatic carbocycles. The van der Waals surface area contributed by atoms with Crippen molar-refractivity contribution >= 4 is 21.5 Å². The molecule has 0 saturated carbocycles. The summed E-state index contributed by atoms with van der Waals surface area (Å²) in [6.07, 6.45) is 3.71. The number of nitrogens with zero attached hydrogens (tertiary/aromatic N) is 2. The zero-order valence-corrected chi connectivity index (χ0v) is 16.6. The van der Waals surface area contributed by atoms with Crippen LogP contribution >= 0.6 is 0 Å². The first kappa shape index (κ1) is 20.2. The van der Waals surface area contributed by atoms with E-state index in [1.807, 2.05) is 23.9 Å². The zero-order valence-electron chi connectivity index (χ0n) is 15.8. The van der Waals surface area contributed by atoms with Gasteiger partial charge in [0.05, 0.1) is 6.57 Å².